The van der Waals surface area contributed by atoms with Crippen LogP contribution in [-0.4, -0.2) is 14.3 Å². The molecule has 90 valence electrons. The van der Waals surface area contributed by atoms with E-state index in [1.165, 1.54) is 21.1 Å². The minimum atomic E-state index is -0.0673. The van der Waals surface area contributed by atoms with E-state index in [0.717, 1.165) is 18.5 Å². The second-order valence-electron chi connectivity index (χ2n) is 4.09. The Morgan fingerprint density at radius 3 is 2.59 bits per heavy atom. The van der Waals surface area contributed by atoms with Gasteiger partial charge in [-0.3, -0.25) is 4.57 Å². The van der Waals surface area contributed by atoms with Crippen molar-refractivity contribution < 1.29 is 0 Å². The van der Waals surface area contributed by atoms with E-state index >= 15 is 0 Å². The molecule has 0 amide bonds. The number of hydrogen-bond donors (Lipinski definition) is 1. The number of rotatable bonds is 4. The van der Waals surface area contributed by atoms with E-state index in [9.17, 15) is 4.79 Å². The molecule has 0 aliphatic rings. The number of nitrogens with zero attached hydrogens (tertiary/aromatic N) is 3. The molecule has 0 spiro atoms. The molecule has 5 nitrogen and oxygen atoms in total. The van der Waals surface area contributed by atoms with Crippen LogP contribution in [-0.2, 0) is 20.0 Å². The van der Waals surface area contributed by atoms with Gasteiger partial charge in [-0.25, -0.2) is 9.48 Å². The van der Waals surface area contributed by atoms with Gasteiger partial charge in [0.15, 0.2) is 0 Å². The van der Waals surface area contributed by atoms with Gasteiger partial charge in [-0.1, -0.05) is 12.1 Å². The lowest BCUT2D eigenvalue weighted by Crippen LogP contribution is -2.23. The minimum absolute atomic E-state index is 0.0673. The van der Waals surface area contributed by atoms with Crippen LogP contribution in [0, 0.1) is 0 Å². The molecule has 2 rings (SSSR count). The van der Waals surface area contributed by atoms with Crippen LogP contribution in [0.4, 0.5) is 5.69 Å². The average molecular weight is 232 g/mol. The molecule has 0 bridgehead atoms. The summed E-state index contributed by atoms with van der Waals surface area (Å²) in [5.41, 5.74) is 7.54. The van der Waals surface area contributed by atoms with Crippen LogP contribution in [0.25, 0.3) is 0 Å². The summed E-state index contributed by atoms with van der Waals surface area (Å²) in [6.45, 7) is 0.643. The number of aryl methyl sites for hydroxylation is 3. The molecule has 0 saturated carbocycles. The Labute approximate surface area is 99.5 Å². The maximum absolute atomic E-state index is 11.5. The third-order valence-corrected chi connectivity index (χ3v) is 2.70. The van der Waals surface area contributed by atoms with Crippen molar-refractivity contribution in [2.45, 2.75) is 19.4 Å². The summed E-state index contributed by atoms with van der Waals surface area (Å²) in [7, 11) is 1.70. The van der Waals surface area contributed by atoms with Gasteiger partial charge in [0.2, 0.25) is 0 Å². The smallest absolute Gasteiger partial charge is 0.345 e. The predicted octanol–water partition coefficient (Wildman–Crippen LogP) is 0.797. The number of aromatic nitrogens is 3. The first-order valence-corrected chi connectivity index (χ1v) is 5.59. The van der Waals surface area contributed by atoms with E-state index in [2.05, 4.69) is 5.10 Å². The van der Waals surface area contributed by atoms with Gasteiger partial charge in [0.25, 0.3) is 0 Å². The van der Waals surface area contributed by atoms with Crippen LogP contribution in [0.3, 0.4) is 0 Å². The van der Waals surface area contributed by atoms with Crippen molar-refractivity contribution in [3.05, 3.63) is 46.6 Å². The van der Waals surface area contributed by atoms with Crippen LogP contribution >= 0.6 is 0 Å². The second kappa shape index (κ2) is 4.86. The van der Waals surface area contributed by atoms with Gasteiger partial charge in [-0.05, 0) is 30.5 Å². The van der Waals surface area contributed by atoms with E-state index in [0.29, 0.717) is 6.54 Å². The normalized spacial score (nSPS) is 10.6. The third-order valence-electron chi connectivity index (χ3n) is 2.70. The average Bonchev–Trinajstić information content (AvgIpc) is 2.64. The quantitative estimate of drug-likeness (QED) is 0.793. The van der Waals surface area contributed by atoms with Crippen molar-refractivity contribution in [3.63, 3.8) is 0 Å². The van der Waals surface area contributed by atoms with Gasteiger partial charge in [0, 0.05) is 19.3 Å². The molecule has 0 unspecified atom stereocenters. The molecule has 1 aromatic heterocycles. The lowest BCUT2D eigenvalue weighted by molar-refractivity contribution is 0.554. The van der Waals surface area contributed by atoms with Gasteiger partial charge < -0.3 is 5.73 Å². The summed E-state index contributed by atoms with van der Waals surface area (Å²) in [5.74, 6) is 0. The first-order chi connectivity index (χ1) is 8.16. The summed E-state index contributed by atoms with van der Waals surface area (Å²) in [6.07, 6.45) is 3.34. The molecule has 2 aromatic rings. The minimum Gasteiger partial charge on any atom is -0.399 e. The Hall–Kier alpha value is -2.04. The van der Waals surface area contributed by atoms with Crippen molar-refractivity contribution in [3.8, 4) is 0 Å². The molecule has 1 aromatic carbocycles. The van der Waals surface area contributed by atoms with E-state index in [1.54, 1.807) is 7.05 Å². The third kappa shape index (κ3) is 2.75. The fourth-order valence-electron chi connectivity index (χ4n) is 1.69. The zero-order chi connectivity index (χ0) is 12.3. The zero-order valence-corrected chi connectivity index (χ0v) is 9.84. The van der Waals surface area contributed by atoms with Crippen molar-refractivity contribution in [2.24, 2.45) is 7.05 Å². The highest BCUT2D eigenvalue weighted by Gasteiger charge is 2.01. The first kappa shape index (κ1) is 11.4. The summed E-state index contributed by atoms with van der Waals surface area (Å²) in [5, 5.41) is 4.01. The van der Waals surface area contributed by atoms with E-state index in [-0.39, 0.29) is 5.69 Å². The first-order valence-electron chi connectivity index (χ1n) is 5.59. The number of nitrogens with two attached hydrogens (primary N) is 1. The van der Waals surface area contributed by atoms with Gasteiger partial charge in [-0.15, -0.1) is 0 Å². The number of hydrogen-bond acceptors (Lipinski definition) is 3. The number of anilines is 1. The summed E-state index contributed by atoms with van der Waals surface area (Å²) >= 11 is 0. The van der Waals surface area contributed by atoms with Crippen LogP contribution in [0.1, 0.15) is 12.0 Å². The van der Waals surface area contributed by atoms with Gasteiger partial charge in [0.1, 0.15) is 6.33 Å². The Balaban J connectivity index is 1.90. The molecule has 0 saturated heterocycles. The van der Waals surface area contributed by atoms with Crippen molar-refractivity contribution in [1.29, 1.82) is 0 Å². The molecular formula is C12H16N4O. The topological polar surface area (TPSA) is 65.8 Å². The molecule has 5 heteroatoms. The Kier molecular flexibility index (Phi) is 3.27. The molecule has 0 aliphatic heterocycles. The number of benzene rings is 1. The Morgan fingerprint density at radius 1 is 1.29 bits per heavy atom. The summed E-state index contributed by atoms with van der Waals surface area (Å²) in [4.78, 5) is 11.5. The predicted molar refractivity (Wildman–Crippen MR) is 66.6 cm³/mol. The van der Waals surface area contributed by atoms with Gasteiger partial charge >= 0.3 is 5.69 Å². The van der Waals surface area contributed by atoms with Crippen molar-refractivity contribution in [2.75, 3.05) is 5.73 Å². The van der Waals surface area contributed by atoms with Gasteiger partial charge in [0.05, 0.1) is 0 Å². The summed E-state index contributed by atoms with van der Waals surface area (Å²) in [6, 6.07) is 7.80. The molecular weight excluding hydrogens is 216 g/mol. The summed E-state index contributed by atoms with van der Waals surface area (Å²) < 4.78 is 2.96. The van der Waals surface area contributed by atoms with Crippen LogP contribution in [0.15, 0.2) is 35.4 Å². The highest BCUT2D eigenvalue weighted by Crippen LogP contribution is 2.07. The van der Waals surface area contributed by atoms with E-state index in [1.807, 2.05) is 24.3 Å². The molecule has 0 aliphatic carbocycles. The lowest BCUT2D eigenvalue weighted by atomic mass is 10.1. The fourth-order valence-corrected chi connectivity index (χ4v) is 1.69. The molecule has 17 heavy (non-hydrogen) atoms. The molecule has 1 heterocycles. The van der Waals surface area contributed by atoms with Crippen LogP contribution < -0.4 is 11.4 Å². The van der Waals surface area contributed by atoms with E-state index < -0.39 is 0 Å². The standard InChI is InChI=1S/C12H16N4O/c1-15-9-14-16(12(15)17)8-2-3-10-4-6-11(13)7-5-10/h4-7,9H,2-3,8,13H2,1H3. The second-order valence-corrected chi connectivity index (χ2v) is 4.09. The molecule has 2 N–H and O–H groups in total. The van der Waals surface area contributed by atoms with Crippen LogP contribution in [0.2, 0.25) is 0 Å². The monoisotopic (exact) mass is 232 g/mol. The van der Waals surface area contributed by atoms with Crippen LogP contribution in [0.5, 0.6) is 0 Å². The van der Waals surface area contributed by atoms with E-state index in [4.69, 9.17) is 5.73 Å². The Bertz CT molecular complexity index is 538. The van der Waals surface area contributed by atoms with Crippen molar-refractivity contribution in [1.82, 2.24) is 14.3 Å². The van der Waals surface area contributed by atoms with Crippen molar-refractivity contribution >= 4 is 5.69 Å². The molecule has 0 fully saturated rings. The molecule has 0 atom stereocenters. The molecule has 0 radical (unpaired) electrons. The SMILES string of the molecule is Cn1cnn(CCCc2ccc(N)cc2)c1=O. The Morgan fingerprint density at radius 2 is 2.00 bits per heavy atom. The van der Waals surface area contributed by atoms with Gasteiger partial charge in [-0.2, -0.15) is 5.10 Å². The maximum Gasteiger partial charge on any atom is 0.345 e. The highest BCUT2D eigenvalue weighted by atomic mass is 16.2. The highest BCUT2D eigenvalue weighted by molar-refractivity contribution is 5.39. The lowest BCUT2D eigenvalue weighted by Gasteiger charge is -2.02. The zero-order valence-electron chi connectivity index (χ0n) is 9.84. The largest absolute Gasteiger partial charge is 0.399 e. The maximum atomic E-state index is 11.5. The number of nitrogen functional groups attached to an aromatic ring is 1. The fraction of sp³-hybridized carbons (Fsp3) is 0.333.